The van der Waals surface area contributed by atoms with Crippen LogP contribution in [0, 0.1) is 0 Å². The lowest BCUT2D eigenvalue weighted by Crippen LogP contribution is -2.58. The number of carboxylic acids is 1. The summed E-state index contributed by atoms with van der Waals surface area (Å²) in [4.78, 5) is 26.8. The van der Waals surface area contributed by atoms with Crippen LogP contribution in [0.2, 0.25) is 0 Å². The molecule has 0 aromatic carbocycles. The number of hydrogen-bond acceptors (Lipinski definition) is 3. The zero-order valence-electron chi connectivity index (χ0n) is 12.1. The van der Waals surface area contributed by atoms with E-state index >= 15 is 0 Å². The monoisotopic (exact) mass is 284 g/mol. The van der Waals surface area contributed by atoms with E-state index in [-0.39, 0.29) is 31.1 Å². The molecule has 114 valence electrons. The van der Waals surface area contributed by atoms with Gasteiger partial charge in [-0.2, -0.15) is 0 Å². The van der Waals surface area contributed by atoms with Crippen molar-refractivity contribution >= 4 is 12.0 Å². The van der Waals surface area contributed by atoms with Crippen molar-refractivity contribution in [1.82, 2.24) is 9.80 Å². The molecule has 0 spiro atoms. The van der Waals surface area contributed by atoms with Crippen molar-refractivity contribution in [3.8, 4) is 0 Å². The summed E-state index contributed by atoms with van der Waals surface area (Å²) in [5, 5.41) is 8.77. The molecule has 2 atom stereocenters. The van der Waals surface area contributed by atoms with Crippen molar-refractivity contribution in [3.63, 3.8) is 0 Å². The van der Waals surface area contributed by atoms with E-state index in [1.54, 1.807) is 4.90 Å². The summed E-state index contributed by atoms with van der Waals surface area (Å²) in [5.74, 6) is -0.867. The molecule has 2 aliphatic rings. The lowest BCUT2D eigenvalue weighted by atomic mass is 9.90. The fourth-order valence-corrected chi connectivity index (χ4v) is 3.14. The highest BCUT2D eigenvalue weighted by Crippen LogP contribution is 2.29. The van der Waals surface area contributed by atoms with Crippen LogP contribution in [0.25, 0.3) is 0 Å². The number of aliphatic carboxylic acids is 1. The molecule has 2 rings (SSSR count). The van der Waals surface area contributed by atoms with Gasteiger partial charge in [0.1, 0.15) is 0 Å². The minimum Gasteiger partial charge on any atom is -0.481 e. The van der Waals surface area contributed by atoms with Gasteiger partial charge in [0.25, 0.3) is 0 Å². The summed E-state index contributed by atoms with van der Waals surface area (Å²) in [6, 6.07) is 0.137. The van der Waals surface area contributed by atoms with Gasteiger partial charge in [0.2, 0.25) is 0 Å². The van der Waals surface area contributed by atoms with Crippen LogP contribution in [0.5, 0.6) is 0 Å². The third kappa shape index (κ3) is 3.42. The zero-order chi connectivity index (χ0) is 14.5. The number of hydrogen-bond donors (Lipinski definition) is 1. The van der Waals surface area contributed by atoms with E-state index in [1.807, 2.05) is 11.8 Å². The number of carbonyl (C=O) groups is 2. The normalized spacial score (nSPS) is 25.9. The molecular formula is C14H24N2O4. The largest absolute Gasteiger partial charge is 0.481 e. The summed E-state index contributed by atoms with van der Waals surface area (Å²) < 4.78 is 5.77. The maximum absolute atomic E-state index is 12.6. The first-order chi connectivity index (χ1) is 9.63. The third-order valence-corrected chi connectivity index (χ3v) is 4.23. The Morgan fingerprint density at radius 2 is 2.10 bits per heavy atom. The molecule has 2 fully saturated rings. The Hall–Kier alpha value is -1.30. The molecule has 1 heterocycles. The van der Waals surface area contributed by atoms with E-state index in [0.29, 0.717) is 19.7 Å². The van der Waals surface area contributed by atoms with Gasteiger partial charge in [-0.15, -0.1) is 0 Å². The molecule has 1 N–H and O–H groups in total. The van der Waals surface area contributed by atoms with Gasteiger partial charge in [-0.3, -0.25) is 4.79 Å². The highest BCUT2D eigenvalue weighted by molar-refractivity contribution is 5.76. The lowest BCUT2D eigenvalue weighted by molar-refractivity contribution is -0.137. The Labute approximate surface area is 119 Å². The fourth-order valence-electron chi connectivity index (χ4n) is 3.14. The first kappa shape index (κ1) is 15.1. The molecule has 2 unspecified atom stereocenters. The van der Waals surface area contributed by atoms with Gasteiger partial charge in [-0.1, -0.05) is 12.8 Å². The molecule has 1 saturated carbocycles. The summed E-state index contributed by atoms with van der Waals surface area (Å²) in [7, 11) is 0. The summed E-state index contributed by atoms with van der Waals surface area (Å²) >= 11 is 0. The van der Waals surface area contributed by atoms with Crippen LogP contribution in [-0.4, -0.2) is 65.3 Å². The highest BCUT2D eigenvalue weighted by atomic mass is 16.5. The van der Waals surface area contributed by atoms with Crippen LogP contribution in [-0.2, 0) is 9.53 Å². The molecule has 6 heteroatoms. The SMILES string of the molecule is CCN(CCC(=O)O)C(=O)N1CCOC2CCCCC21. The topological polar surface area (TPSA) is 70.1 Å². The van der Waals surface area contributed by atoms with Gasteiger partial charge < -0.3 is 19.6 Å². The second kappa shape index (κ2) is 6.92. The standard InChI is InChI=1S/C14H24N2O4/c1-2-15(8-7-13(17)18)14(19)16-9-10-20-12-6-4-3-5-11(12)16/h11-12H,2-10H2,1H3,(H,17,18). The molecule has 1 aliphatic heterocycles. The molecular weight excluding hydrogens is 260 g/mol. The number of carbonyl (C=O) groups excluding carboxylic acids is 1. The van der Waals surface area contributed by atoms with Gasteiger partial charge in [-0.05, 0) is 19.8 Å². The number of fused-ring (bicyclic) bond motifs is 1. The van der Waals surface area contributed by atoms with E-state index in [2.05, 4.69) is 0 Å². The van der Waals surface area contributed by atoms with E-state index in [4.69, 9.17) is 9.84 Å². The third-order valence-electron chi connectivity index (χ3n) is 4.23. The Morgan fingerprint density at radius 1 is 1.35 bits per heavy atom. The number of amides is 2. The quantitative estimate of drug-likeness (QED) is 0.850. The number of urea groups is 1. The van der Waals surface area contributed by atoms with E-state index in [9.17, 15) is 9.59 Å². The van der Waals surface area contributed by atoms with Crippen molar-refractivity contribution in [3.05, 3.63) is 0 Å². The van der Waals surface area contributed by atoms with Crippen LogP contribution in [0.3, 0.4) is 0 Å². The molecule has 0 aromatic heterocycles. The molecule has 20 heavy (non-hydrogen) atoms. The predicted molar refractivity (Wildman–Crippen MR) is 73.6 cm³/mol. The van der Waals surface area contributed by atoms with Gasteiger partial charge in [0, 0.05) is 19.6 Å². The maximum atomic E-state index is 12.6. The van der Waals surface area contributed by atoms with Crippen LogP contribution in [0.1, 0.15) is 39.0 Å². The van der Waals surface area contributed by atoms with Crippen molar-refractivity contribution in [2.75, 3.05) is 26.2 Å². The second-order valence-corrected chi connectivity index (χ2v) is 5.46. The molecule has 0 radical (unpaired) electrons. The van der Waals surface area contributed by atoms with Crippen LogP contribution in [0.4, 0.5) is 4.79 Å². The minimum absolute atomic E-state index is 0.00197. The fraction of sp³-hybridized carbons (Fsp3) is 0.857. The minimum atomic E-state index is -0.867. The first-order valence-corrected chi connectivity index (χ1v) is 7.52. The smallest absolute Gasteiger partial charge is 0.320 e. The Bertz CT molecular complexity index is 359. The van der Waals surface area contributed by atoms with E-state index < -0.39 is 5.97 Å². The van der Waals surface area contributed by atoms with Crippen LogP contribution < -0.4 is 0 Å². The number of carboxylic acid groups (broad SMARTS) is 1. The lowest BCUT2D eigenvalue weighted by Gasteiger charge is -2.45. The zero-order valence-corrected chi connectivity index (χ0v) is 12.1. The van der Waals surface area contributed by atoms with Crippen LogP contribution >= 0.6 is 0 Å². The van der Waals surface area contributed by atoms with Crippen molar-refractivity contribution < 1.29 is 19.4 Å². The molecule has 6 nitrogen and oxygen atoms in total. The summed E-state index contributed by atoms with van der Waals surface area (Å²) in [6.07, 6.45) is 4.48. The number of rotatable bonds is 4. The van der Waals surface area contributed by atoms with E-state index in [0.717, 1.165) is 19.3 Å². The van der Waals surface area contributed by atoms with E-state index in [1.165, 1.54) is 6.42 Å². The van der Waals surface area contributed by atoms with Gasteiger partial charge in [-0.25, -0.2) is 4.79 Å². The second-order valence-electron chi connectivity index (χ2n) is 5.46. The van der Waals surface area contributed by atoms with Gasteiger partial charge in [0.05, 0.1) is 25.2 Å². The highest BCUT2D eigenvalue weighted by Gasteiger charge is 2.37. The van der Waals surface area contributed by atoms with Crippen molar-refractivity contribution in [1.29, 1.82) is 0 Å². The molecule has 0 aromatic rings. The maximum Gasteiger partial charge on any atom is 0.320 e. The van der Waals surface area contributed by atoms with Crippen LogP contribution in [0.15, 0.2) is 0 Å². The van der Waals surface area contributed by atoms with Gasteiger partial charge in [0.15, 0.2) is 0 Å². The van der Waals surface area contributed by atoms with Gasteiger partial charge >= 0.3 is 12.0 Å². The number of morpholine rings is 1. The molecule has 1 aliphatic carbocycles. The Kier molecular flexibility index (Phi) is 5.23. The van der Waals surface area contributed by atoms with Crippen molar-refractivity contribution in [2.24, 2.45) is 0 Å². The molecule has 2 amide bonds. The predicted octanol–water partition coefficient (Wildman–Crippen LogP) is 1.55. The Morgan fingerprint density at radius 3 is 2.80 bits per heavy atom. The number of ether oxygens (including phenoxy) is 1. The average Bonchev–Trinajstić information content (AvgIpc) is 2.46. The number of nitrogens with zero attached hydrogens (tertiary/aromatic N) is 2. The Balaban J connectivity index is 1.99. The average molecular weight is 284 g/mol. The summed E-state index contributed by atoms with van der Waals surface area (Å²) in [6.45, 7) is 3.91. The summed E-state index contributed by atoms with van der Waals surface area (Å²) in [5.41, 5.74) is 0. The first-order valence-electron chi connectivity index (χ1n) is 7.52. The van der Waals surface area contributed by atoms with Crippen molar-refractivity contribution in [2.45, 2.75) is 51.2 Å². The molecule has 1 saturated heterocycles. The molecule has 0 bridgehead atoms.